The van der Waals surface area contributed by atoms with Gasteiger partial charge in [-0.1, -0.05) is 109 Å². The number of hydrogen-bond acceptors (Lipinski definition) is 3. The molecular formula is C33H62NO6+. The molecule has 0 aromatic heterocycles. The minimum absolute atomic E-state index is 0.212. The Morgan fingerprint density at radius 1 is 0.500 bits per heavy atom. The van der Waals surface area contributed by atoms with Gasteiger partial charge in [-0.15, -0.1) is 0 Å². The molecule has 0 aliphatic rings. The Morgan fingerprint density at radius 2 is 0.775 bits per heavy atom. The van der Waals surface area contributed by atoms with Gasteiger partial charge in [0.05, 0.1) is 6.54 Å². The van der Waals surface area contributed by atoms with Crippen molar-refractivity contribution in [3.05, 3.63) is 12.2 Å². The summed E-state index contributed by atoms with van der Waals surface area (Å²) in [6, 6.07) is -3.39. The van der Waals surface area contributed by atoms with Crippen LogP contribution in [0.3, 0.4) is 0 Å². The van der Waals surface area contributed by atoms with Crippen molar-refractivity contribution < 1.29 is 34.2 Å². The van der Waals surface area contributed by atoms with Gasteiger partial charge < -0.3 is 15.3 Å². The monoisotopic (exact) mass is 568 g/mol. The van der Waals surface area contributed by atoms with Gasteiger partial charge in [-0.05, 0) is 59.3 Å². The number of unbranched alkanes of at least 4 members (excludes halogenated alkanes) is 18. The lowest BCUT2D eigenvalue weighted by Crippen LogP contribution is -2.70. The van der Waals surface area contributed by atoms with Crippen LogP contribution >= 0.6 is 0 Å². The number of rotatable bonds is 28. The molecule has 0 aliphatic carbocycles. The molecule has 3 unspecified atom stereocenters. The van der Waals surface area contributed by atoms with E-state index in [0.717, 1.165) is 32.1 Å². The Bertz CT molecular complexity index is 657. The molecule has 0 rings (SSSR count). The molecule has 0 saturated heterocycles. The summed E-state index contributed by atoms with van der Waals surface area (Å²) in [6.07, 6.45) is 29.3. The van der Waals surface area contributed by atoms with E-state index in [0.29, 0.717) is 6.42 Å². The number of aliphatic carboxylic acids is 3. The zero-order valence-corrected chi connectivity index (χ0v) is 26.2. The SMILES string of the molecule is CCCCCCCCCCCCCCCC/C=C/CCCCCC[N+](C(C)C(=O)O)(C(C)C(=O)O)C(C)C(=O)O. The van der Waals surface area contributed by atoms with Crippen molar-refractivity contribution in [3.63, 3.8) is 0 Å². The summed E-state index contributed by atoms with van der Waals surface area (Å²) >= 11 is 0. The van der Waals surface area contributed by atoms with Gasteiger partial charge in [0.1, 0.15) is 0 Å². The Morgan fingerprint density at radius 3 is 1.07 bits per heavy atom. The average molecular weight is 569 g/mol. The van der Waals surface area contributed by atoms with Gasteiger partial charge in [0.15, 0.2) is 18.1 Å². The van der Waals surface area contributed by atoms with Crippen LogP contribution in [0.25, 0.3) is 0 Å². The molecule has 0 spiro atoms. The van der Waals surface area contributed by atoms with Gasteiger partial charge in [-0.3, -0.25) is 4.48 Å². The number of carboxylic acid groups (broad SMARTS) is 3. The highest BCUT2D eigenvalue weighted by atomic mass is 16.4. The van der Waals surface area contributed by atoms with E-state index in [2.05, 4.69) is 19.1 Å². The van der Waals surface area contributed by atoms with Crippen LogP contribution < -0.4 is 0 Å². The molecule has 0 aromatic carbocycles. The summed E-state index contributed by atoms with van der Waals surface area (Å²) in [6.45, 7) is 6.74. The van der Waals surface area contributed by atoms with E-state index in [4.69, 9.17) is 0 Å². The van der Waals surface area contributed by atoms with E-state index in [1.54, 1.807) is 0 Å². The lowest BCUT2D eigenvalue weighted by atomic mass is 10.00. The van der Waals surface area contributed by atoms with Crippen molar-refractivity contribution in [2.45, 2.75) is 174 Å². The second-order valence-electron chi connectivity index (χ2n) is 11.8. The molecule has 7 heteroatoms. The molecule has 0 bridgehead atoms. The maximum Gasteiger partial charge on any atom is 0.362 e. The van der Waals surface area contributed by atoms with E-state index in [-0.39, 0.29) is 6.54 Å². The highest BCUT2D eigenvalue weighted by Gasteiger charge is 2.52. The number of nitrogens with zero attached hydrogens (tertiary/aromatic N) is 1. The quantitative estimate of drug-likeness (QED) is 0.0495. The Labute approximate surface area is 245 Å². The first-order chi connectivity index (χ1) is 19.1. The van der Waals surface area contributed by atoms with Crippen LogP contribution in [-0.4, -0.2) is 62.4 Å². The molecule has 0 aliphatic heterocycles. The van der Waals surface area contributed by atoms with Gasteiger partial charge in [0.2, 0.25) is 0 Å². The smallest absolute Gasteiger partial charge is 0.362 e. The maximum absolute atomic E-state index is 11.8. The largest absolute Gasteiger partial charge is 0.477 e. The van der Waals surface area contributed by atoms with E-state index in [1.807, 2.05) is 0 Å². The fraction of sp³-hybridized carbons (Fsp3) is 0.848. The highest BCUT2D eigenvalue weighted by molar-refractivity contribution is 5.77. The third kappa shape index (κ3) is 15.8. The molecule has 234 valence electrons. The van der Waals surface area contributed by atoms with E-state index in [9.17, 15) is 29.7 Å². The van der Waals surface area contributed by atoms with Crippen molar-refractivity contribution >= 4 is 17.9 Å². The van der Waals surface area contributed by atoms with Crippen molar-refractivity contribution in [2.24, 2.45) is 0 Å². The summed E-state index contributed by atoms with van der Waals surface area (Å²) in [5.41, 5.74) is 0. The van der Waals surface area contributed by atoms with Crippen LogP contribution in [0.5, 0.6) is 0 Å². The molecule has 0 saturated carbocycles. The fourth-order valence-electron chi connectivity index (χ4n) is 5.90. The van der Waals surface area contributed by atoms with Crippen molar-refractivity contribution in [1.82, 2.24) is 0 Å². The lowest BCUT2D eigenvalue weighted by molar-refractivity contribution is -0.968. The first-order valence-electron chi connectivity index (χ1n) is 16.3. The standard InChI is InChI=1S/C33H61NO6/c1-5-6-7-8-9-10-11-12-13-14-15-16-17-18-19-20-21-22-23-24-25-26-27-34(28(2)31(35)36,29(3)32(37)38)30(4)33(39)40/h20-21,28-30H,5-19,22-27H2,1-4H3,(H2-,35,36,37,38,39,40)/p+1/b21-20+. The van der Waals surface area contributed by atoms with Crippen molar-refractivity contribution in [2.75, 3.05) is 6.54 Å². The first kappa shape index (κ1) is 38.1. The number of allylic oxidation sites excluding steroid dienone is 2. The second-order valence-corrected chi connectivity index (χ2v) is 11.8. The van der Waals surface area contributed by atoms with E-state index < -0.39 is 40.5 Å². The first-order valence-corrected chi connectivity index (χ1v) is 16.3. The summed E-state index contributed by atoms with van der Waals surface area (Å²) in [7, 11) is 0. The number of quaternary nitrogens is 1. The molecule has 40 heavy (non-hydrogen) atoms. The molecule has 0 amide bonds. The van der Waals surface area contributed by atoms with E-state index in [1.165, 1.54) is 111 Å². The third-order valence-electron chi connectivity index (χ3n) is 8.79. The zero-order valence-electron chi connectivity index (χ0n) is 26.2. The van der Waals surface area contributed by atoms with Crippen LogP contribution in [0.2, 0.25) is 0 Å². The molecule has 7 nitrogen and oxygen atoms in total. The van der Waals surface area contributed by atoms with Gasteiger partial charge in [0, 0.05) is 0 Å². The third-order valence-corrected chi connectivity index (χ3v) is 8.79. The van der Waals surface area contributed by atoms with Gasteiger partial charge >= 0.3 is 17.9 Å². The number of carbonyl (C=O) groups is 3. The summed E-state index contributed by atoms with van der Waals surface area (Å²) in [5, 5.41) is 28.9. The van der Waals surface area contributed by atoms with Crippen LogP contribution in [0.4, 0.5) is 0 Å². The minimum atomic E-state index is -1.18. The molecule has 3 atom stereocenters. The highest BCUT2D eigenvalue weighted by Crippen LogP contribution is 2.27. The van der Waals surface area contributed by atoms with Crippen molar-refractivity contribution in [3.8, 4) is 0 Å². The number of carboxylic acids is 3. The molecule has 0 radical (unpaired) electrons. The van der Waals surface area contributed by atoms with Gasteiger partial charge in [0.25, 0.3) is 0 Å². The molecular weight excluding hydrogens is 506 g/mol. The second kappa shape index (κ2) is 23.8. The summed E-state index contributed by atoms with van der Waals surface area (Å²) < 4.78 is -0.487. The zero-order chi connectivity index (χ0) is 30.2. The normalized spacial score (nSPS) is 15.5. The Balaban J connectivity index is 4.03. The predicted octanol–water partition coefficient (Wildman–Crippen LogP) is 8.60. The minimum Gasteiger partial charge on any atom is -0.477 e. The van der Waals surface area contributed by atoms with Crippen LogP contribution in [0.15, 0.2) is 12.2 Å². The summed E-state index contributed by atoms with van der Waals surface area (Å²) in [5.74, 6) is -3.53. The molecule has 0 fully saturated rings. The van der Waals surface area contributed by atoms with Crippen molar-refractivity contribution in [1.29, 1.82) is 0 Å². The molecule has 0 heterocycles. The summed E-state index contributed by atoms with van der Waals surface area (Å²) in [4.78, 5) is 35.4. The topological polar surface area (TPSA) is 112 Å². The van der Waals surface area contributed by atoms with Crippen LogP contribution in [0, 0.1) is 0 Å². The van der Waals surface area contributed by atoms with Crippen LogP contribution in [0.1, 0.15) is 156 Å². The molecule has 0 aromatic rings. The molecule has 3 N–H and O–H groups in total. The number of hydrogen-bond donors (Lipinski definition) is 3. The van der Waals surface area contributed by atoms with E-state index >= 15 is 0 Å². The maximum atomic E-state index is 11.8. The lowest BCUT2D eigenvalue weighted by Gasteiger charge is -2.47. The fourth-order valence-corrected chi connectivity index (χ4v) is 5.90. The van der Waals surface area contributed by atoms with Gasteiger partial charge in [-0.2, -0.15) is 0 Å². The predicted molar refractivity (Wildman–Crippen MR) is 164 cm³/mol. The van der Waals surface area contributed by atoms with Crippen LogP contribution in [-0.2, 0) is 14.4 Å². The van der Waals surface area contributed by atoms with Gasteiger partial charge in [-0.25, -0.2) is 14.4 Å². The Hall–Kier alpha value is -1.89. The Kier molecular flexibility index (Phi) is 22.7. The average Bonchev–Trinajstić information content (AvgIpc) is 2.92.